The van der Waals surface area contributed by atoms with E-state index >= 15 is 0 Å². The van der Waals surface area contributed by atoms with Crippen molar-refractivity contribution in [3.8, 4) is 11.3 Å². The Morgan fingerprint density at radius 1 is 1.36 bits per heavy atom. The predicted molar refractivity (Wildman–Crippen MR) is 89.7 cm³/mol. The van der Waals surface area contributed by atoms with Gasteiger partial charge < -0.3 is 20.3 Å². The fraction of sp³-hybridized carbons (Fsp3) is 0.294. The minimum Gasteiger partial charge on any atom is -0.390 e. The summed E-state index contributed by atoms with van der Waals surface area (Å²) in [5.74, 6) is -0.100. The number of carbonyl (C=O) groups is 1. The number of aliphatic hydroxyl groups is 1. The van der Waals surface area contributed by atoms with Gasteiger partial charge in [-0.1, -0.05) is 35.5 Å². The quantitative estimate of drug-likeness (QED) is 0.574. The van der Waals surface area contributed by atoms with Crippen molar-refractivity contribution >= 4 is 5.91 Å². The van der Waals surface area contributed by atoms with E-state index in [2.05, 4.69) is 20.9 Å². The molecule has 0 saturated heterocycles. The van der Waals surface area contributed by atoms with Gasteiger partial charge in [0.05, 0.1) is 6.61 Å². The van der Waals surface area contributed by atoms with E-state index in [1.54, 1.807) is 6.07 Å². The Hall–Kier alpha value is -3.00. The van der Waals surface area contributed by atoms with E-state index in [0.29, 0.717) is 5.69 Å². The normalized spacial score (nSPS) is 19.8. The molecule has 1 amide bonds. The largest absolute Gasteiger partial charge is 0.390 e. The van der Waals surface area contributed by atoms with Gasteiger partial charge in [-0.15, -0.1) is 0 Å². The van der Waals surface area contributed by atoms with Gasteiger partial charge in [-0.05, 0) is 12.8 Å². The van der Waals surface area contributed by atoms with Crippen LogP contribution in [0.1, 0.15) is 23.4 Å². The maximum Gasteiger partial charge on any atom is 0.290 e. The molecule has 1 fully saturated rings. The summed E-state index contributed by atoms with van der Waals surface area (Å²) in [7, 11) is 0. The molecular formula is C17H19N5O3. The van der Waals surface area contributed by atoms with Crippen LogP contribution in [0, 0.1) is 5.53 Å². The van der Waals surface area contributed by atoms with E-state index in [1.165, 1.54) is 6.20 Å². The third kappa shape index (κ3) is 4.10. The molecule has 130 valence electrons. The molecule has 1 aliphatic carbocycles. The number of amides is 1. The molecule has 0 bridgehead atoms. The van der Waals surface area contributed by atoms with Crippen molar-refractivity contribution in [2.75, 3.05) is 6.61 Å². The Labute approximate surface area is 144 Å². The maximum absolute atomic E-state index is 12.2. The summed E-state index contributed by atoms with van der Waals surface area (Å²) in [5.41, 5.74) is 8.64. The van der Waals surface area contributed by atoms with Gasteiger partial charge in [0.15, 0.2) is 0 Å². The van der Waals surface area contributed by atoms with Crippen LogP contribution in [-0.2, 0) is 0 Å². The highest BCUT2D eigenvalue weighted by Gasteiger charge is 2.30. The molecule has 0 atom stereocenters. The number of aliphatic hydroxyl groups excluding tert-OH is 1. The lowest BCUT2D eigenvalue weighted by molar-refractivity contribution is 0.0868. The van der Waals surface area contributed by atoms with Gasteiger partial charge in [0, 0.05) is 29.9 Å². The molecular weight excluding hydrogens is 322 g/mol. The second-order valence-electron chi connectivity index (χ2n) is 5.85. The standard InChI is InChI=1S/C17H19N5O3/c18-21-14(10-23)9-19-12-6-13(7-12)20-17(24)16-8-15(22-25-16)11-4-2-1-3-5-11/h1-5,8-9,12-13,18-19,23H,6-7,10H2,(H,20,24)/b14-9-,21-18?. The molecule has 0 spiro atoms. The molecule has 25 heavy (non-hydrogen) atoms. The topological polar surface area (TPSA) is 124 Å². The van der Waals surface area contributed by atoms with Crippen molar-refractivity contribution in [2.45, 2.75) is 24.9 Å². The van der Waals surface area contributed by atoms with Crippen molar-refractivity contribution in [1.82, 2.24) is 15.8 Å². The summed E-state index contributed by atoms with van der Waals surface area (Å²) in [5, 5.41) is 22.0. The zero-order valence-corrected chi connectivity index (χ0v) is 13.5. The summed E-state index contributed by atoms with van der Waals surface area (Å²) in [6.45, 7) is -0.279. The lowest BCUT2D eigenvalue weighted by atomic mass is 9.87. The van der Waals surface area contributed by atoms with E-state index in [0.717, 1.165) is 18.4 Å². The Kier molecular flexibility index (Phi) is 5.20. The van der Waals surface area contributed by atoms with Crippen LogP contribution in [0.2, 0.25) is 0 Å². The molecule has 1 aromatic heterocycles. The first-order valence-corrected chi connectivity index (χ1v) is 7.96. The van der Waals surface area contributed by atoms with Gasteiger partial charge in [-0.25, -0.2) is 5.53 Å². The molecule has 4 N–H and O–H groups in total. The third-order valence-corrected chi connectivity index (χ3v) is 4.07. The van der Waals surface area contributed by atoms with E-state index in [4.69, 9.17) is 15.2 Å². The first-order valence-electron chi connectivity index (χ1n) is 7.96. The van der Waals surface area contributed by atoms with E-state index in [1.807, 2.05) is 30.3 Å². The molecule has 8 heteroatoms. The predicted octanol–water partition coefficient (Wildman–Crippen LogP) is 2.06. The zero-order valence-electron chi connectivity index (χ0n) is 13.5. The summed E-state index contributed by atoms with van der Waals surface area (Å²) in [6.07, 6.45) is 3.02. The Morgan fingerprint density at radius 3 is 2.80 bits per heavy atom. The van der Waals surface area contributed by atoms with Crippen molar-refractivity contribution in [1.29, 1.82) is 5.53 Å². The highest BCUT2D eigenvalue weighted by molar-refractivity contribution is 5.92. The number of aromatic nitrogens is 1. The van der Waals surface area contributed by atoms with Crippen molar-refractivity contribution < 1.29 is 14.4 Å². The van der Waals surface area contributed by atoms with Crippen LogP contribution in [0.25, 0.3) is 11.3 Å². The fourth-order valence-corrected chi connectivity index (χ4v) is 2.58. The molecule has 8 nitrogen and oxygen atoms in total. The lowest BCUT2D eigenvalue weighted by Crippen LogP contribution is -2.51. The second-order valence-corrected chi connectivity index (χ2v) is 5.85. The molecule has 3 rings (SSSR count). The summed E-state index contributed by atoms with van der Waals surface area (Å²) in [6, 6.07) is 11.4. The van der Waals surface area contributed by atoms with Gasteiger partial charge in [0.1, 0.15) is 11.4 Å². The summed E-state index contributed by atoms with van der Waals surface area (Å²) in [4.78, 5) is 12.2. The highest BCUT2D eigenvalue weighted by atomic mass is 16.5. The molecule has 0 unspecified atom stereocenters. The van der Waals surface area contributed by atoms with E-state index in [-0.39, 0.29) is 36.1 Å². The average molecular weight is 341 g/mol. The van der Waals surface area contributed by atoms with Crippen LogP contribution in [0.3, 0.4) is 0 Å². The Balaban J connectivity index is 1.49. The number of rotatable bonds is 7. The number of hydrogen-bond donors (Lipinski definition) is 4. The summed E-state index contributed by atoms with van der Waals surface area (Å²) < 4.78 is 5.14. The van der Waals surface area contributed by atoms with Gasteiger partial charge in [0.2, 0.25) is 5.76 Å². The van der Waals surface area contributed by atoms with Crippen LogP contribution in [0.5, 0.6) is 0 Å². The Bertz CT molecular complexity index is 766. The molecule has 0 aliphatic heterocycles. The fourth-order valence-electron chi connectivity index (χ4n) is 2.58. The molecule has 1 saturated carbocycles. The van der Waals surface area contributed by atoms with Gasteiger partial charge in [0.25, 0.3) is 5.91 Å². The van der Waals surface area contributed by atoms with E-state index in [9.17, 15) is 4.79 Å². The molecule has 1 heterocycles. The number of benzene rings is 1. The van der Waals surface area contributed by atoms with Crippen molar-refractivity contribution in [3.63, 3.8) is 0 Å². The lowest BCUT2D eigenvalue weighted by Gasteiger charge is -2.35. The van der Waals surface area contributed by atoms with Crippen LogP contribution in [-0.4, -0.2) is 34.9 Å². The van der Waals surface area contributed by atoms with Gasteiger partial charge in [-0.3, -0.25) is 4.79 Å². The molecule has 2 aromatic rings. The Morgan fingerprint density at radius 2 is 2.12 bits per heavy atom. The van der Waals surface area contributed by atoms with Crippen molar-refractivity contribution in [2.24, 2.45) is 5.11 Å². The zero-order chi connectivity index (χ0) is 17.6. The van der Waals surface area contributed by atoms with Crippen molar-refractivity contribution in [3.05, 3.63) is 54.1 Å². The first kappa shape index (κ1) is 16.8. The molecule has 0 radical (unpaired) electrons. The smallest absolute Gasteiger partial charge is 0.290 e. The van der Waals surface area contributed by atoms with Gasteiger partial charge >= 0.3 is 0 Å². The monoisotopic (exact) mass is 341 g/mol. The van der Waals surface area contributed by atoms with Crippen LogP contribution in [0.4, 0.5) is 0 Å². The third-order valence-electron chi connectivity index (χ3n) is 4.07. The van der Waals surface area contributed by atoms with Crippen LogP contribution < -0.4 is 10.6 Å². The minimum absolute atomic E-state index is 0.0502. The SMILES string of the molecule is N=N/C(=C\NC1CC(NC(=O)c2cc(-c3ccccc3)no2)C1)CO. The average Bonchev–Trinajstić information content (AvgIpc) is 3.11. The number of nitrogens with zero attached hydrogens (tertiary/aromatic N) is 2. The van der Waals surface area contributed by atoms with Crippen LogP contribution >= 0.6 is 0 Å². The number of hydrogen-bond acceptors (Lipinski definition) is 7. The maximum atomic E-state index is 12.2. The number of nitrogens with one attached hydrogen (secondary N) is 3. The van der Waals surface area contributed by atoms with E-state index < -0.39 is 0 Å². The first-order chi connectivity index (χ1) is 12.2. The number of carbonyl (C=O) groups excluding carboxylic acids is 1. The van der Waals surface area contributed by atoms with Crippen LogP contribution in [0.15, 0.2) is 57.9 Å². The highest BCUT2D eigenvalue weighted by Crippen LogP contribution is 2.22. The van der Waals surface area contributed by atoms with Gasteiger partial charge in [-0.2, -0.15) is 5.11 Å². The molecule has 1 aromatic carbocycles. The summed E-state index contributed by atoms with van der Waals surface area (Å²) >= 11 is 0. The minimum atomic E-state index is -0.286. The second kappa shape index (κ2) is 7.71. The molecule has 1 aliphatic rings.